The summed E-state index contributed by atoms with van der Waals surface area (Å²) in [5, 5.41) is 0. The van der Waals surface area contributed by atoms with E-state index >= 15 is 0 Å². The van der Waals surface area contributed by atoms with Crippen molar-refractivity contribution in [3.05, 3.63) is 0 Å². The fraction of sp³-hybridized carbons (Fsp3) is 0.949. The molecule has 0 aromatic heterocycles. The van der Waals surface area contributed by atoms with Crippen molar-refractivity contribution in [3.8, 4) is 0 Å². The van der Waals surface area contributed by atoms with Gasteiger partial charge < -0.3 is 14.2 Å². The third-order valence-electron chi connectivity index (χ3n) is 13.4. The zero-order valence-corrected chi connectivity index (χ0v) is 44.8. The lowest BCUT2D eigenvalue weighted by molar-refractivity contribution is -0.167. The molecule has 1 atom stereocenters. The Morgan fingerprint density at radius 1 is 0.262 bits per heavy atom. The molecule has 0 aliphatic carbocycles. The first-order valence-corrected chi connectivity index (χ1v) is 29.1. The van der Waals surface area contributed by atoms with E-state index in [0.29, 0.717) is 19.3 Å². The number of hydrogen-bond acceptors (Lipinski definition) is 6. The van der Waals surface area contributed by atoms with Gasteiger partial charge in [-0.2, -0.15) is 0 Å². The predicted molar refractivity (Wildman–Crippen MR) is 279 cm³/mol. The highest BCUT2D eigenvalue weighted by molar-refractivity contribution is 5.71. The summed E-state index contributed by atoms with van der Waals surface area (Å²) in [5.74, 6) is 1.65. The van der Waals surface area contributed by atoms with Crippen molar-refractivity contribution >= 4 is 17.9 Å². The van der Waals surface area contributed by atoms with Crippen molar-refractivity contribution in [2.24, 2.45) is 17.8 Å². The second kappa shape index (κ2) is 50.3. The predicted octanol–water partition coefficient (Wildman–Crippen LogP) is 19.1. The van der Waals surface area contributed by atoms with Crippen LogP contribution in [0.1, 0.15) is 324 Å². The Balaban J connectivity index is 4.24. The lowest BCUT2D eigenvalue weighted by Crippen LogP contribution is -2.30. The van der Waals surface area contributed by atoms with Gasteiger partial charge in [0.25, 0.3) is 0 Å². The molecule has 0 aromatic rings. The highest BCUT2D eigenvalue weighted by atomic mass is 16.6. The van der Waals surface area contributed by atoms with E-state index in [1.165, 1.54) is 205 Å². The van der Waals surface area contributed by atoms with Crippen molar-refractivity contribution < 1.29 is 28.6 Å². The standard InChI is InChI=1S/C59H114O6/c1-53(2)45-39-33-27-21-15-13-11-9-7-8-10-12-14-16-24-30-36-42-48-57(60)63-51-56(65-59(62)50-44-38-32-26-20-18-23-29-35-41-47-55(5)6)52-64-58(61)49-43-37-31-25-19-17-22-28-34-40-46-54(3)4/h53-56H,7-52H2,1-6H3/t56-/m1/s1. The lowest BCUT2D eigenvalue weighted by atomic mass is 10.0. The molecule has 0 unspecified atom stereocenters. The summed E-state index contributed by atoms with van der Waals surface area (Å²) in [5.41, 5.74) is 0. The molecule has 6 nitrogen and oxygen atoms in total. The first-order chi connectivity index (χ1) is 31.6. The van der Waals surface area contributed by atoms with Crippen molar-refractivity contribution in [3.63, 3.8) is 0 Å². The second-order valence-electron chi connectivity index (χ2n) is 21.7. The average Bonchev–Trinajstić information content (AvgIpc) is 3.26. The maximum atomic E-state index is 12.8. The van der Waals surface area contributed by atoms with Gasteiger partial charge in [0.15, 0.2) is 6.10 Å². The first-order valence-electron chi connectivity index (χ1n) is 29.1. The Bertz CT molecular complexity index is 1010. The highest BCUT2D eigenvalue weighted by Crippen LogP contribution is 2.18. The fourth-order valence-electron chi connectivity index (χ4n) is 9.00. The third-order valence-corrected chi connectivity index (χ3v) is 13.4. The molecule has 0 N–H and O–H groups in total. The molecule has 0 aliphatic heterocycles. The molecule has 0 bridgehead atoms. The Morgan fingerprint density at radius 3 is 0.662 bits per heavy atom. The summed E-state index contributed by atoms with van der Waals surface area (Å²) in [6.45, 7) is 13.7. The number of unbranched alkanes of at least 4 members (excludes halogenated alkanes) is 35. The summed E-state index contributed by atoms with van der Waals surface area (Å²) in [4.78, 5) is 38.1. The Hall–Kier alpha value is -1.59. The normalized spacial score (nSPS) is 12.1. The molecule has 6 heteroatoms. The van der Waals surface area contributed by atoms with Crippen LogP contribution in [0.25, 0.3) is 0 Å². The van der Waals surface area contributed by atoms with E-state index in [2.05, 4.69) is 41.5 Å². The minimum Gasteiger partial charge on any atom is -0.462 e. The summed E-state index contributed by atoms with van der Waals surface area (Å²) >= 11 is 0. The number of rotatable bonds is 52. The van der Waals surface area contributed by atoms with Crippen LogP contribution in [0.4, 0.5) is 0 Å². The van der Waals surface area contributed by atoms with E-state index in [9.17, 15) is 14.4 Å². The third kappa shape index (κ3) is 53.2. The van der Waals surface area contributed by atoms with Gasteiger partial charge >= 0.3 is 17.9 Å². The van der Waals surface area contributed by atoms with Crippen molar-refractivity contribution in [1.82, 2.24) is 0 Å². The van der Waals surface area contributed by atoms with E-state index in [1.807, 2.05) is 0 Å². The Kier molecular flexibility index (Phi) is 49.1. The maximum absolute atomic E-state index is 12.8. The molecule has 0 heterocycles. The van der Waals surface area contributed by atoms with Gasteiger partial charge in [0.1, 0.15) is 13.2 Å². The summed E-state index contributed by atoms with van der Waals surface area (Å²) in [6, 6.07) is 0. The van der Waals surface area contributed by atoms with Gasteiger partial charge in [0.05, 0.1) is 0 Å². The second-order valence-corrected chi connectivity index (χ2v) is 21.7. The molecule has 65 heavy (non-hydrogen) atoms. The Labute approximate surface area is 406 Å². The molecule has 386 valence electrons. The van der Waals surface area contributed by atoms with Gasteiger partial charge in [-0.25, -0.2) is 0 Å². The van der Waals surface area contributed by atoms with Gasteiger partial charge in [-0.15, -0.1) is 0 Å². The topological polar surface area (TPSA) is 78.9 Å². The molecule has 0 fully saturated rings. The minimum atomic E-state index is -0.763. The Morgan fingerprint density at radius 2 is 0.446 bits per heavy atom. The van der Waals surface area contributed by atoms with Gasteiger partial charge in [0, 0.05) is 19.3 Å². The minimum absolute atomic E-state index is 0.0638. The zero-order valence-electron chi connectivity index (χ0n) is 44.8. The fourth-order valence-corrected chi connectivity index (χ4v) is 9.00. The number of ether oxygens (including phenoxy) is 3. The number of carbonyl (C=O) groups excluding carboxylic acids is 3. The molecule has 0 radical (unpaired) electrons. The van der Waals surface area contributed by atoms with E-state index in [0.717, 1.165) is 75.5 Å². The van der Waals surface area contributed by atoms with Crippen LogP contribution < -0.4 is 0 Å². The van der Waals surface area contributed by atoms with Crippen LogP contribution in [-0.4, -0.2) is 37.2 Å². The van der Waals surface area contributed by atoms with Gasteiger partial charge in [-0.1, -0.05) is 286 Å². The molecule has 0 aromatic carbocycles. The van der Waals surface area contributed by atoms with E-state index in [4.69, 9.17) is 14.2 Å². The summed E-state index contributed by atoms with van der Waals surface area (Å²) in [6.07, 6.45) is 52.5. The number of hydrogen-bond donors (Lipinski definition) is 0. The van der Waals surface area contributed by atoms with E-state index in [-0.39, 0.29) is 31.1 Å². The lowest BCUT2D eigenvalue weighted by Gasteiger charge is -2.18. The molecular formula is C59H114O6. The van der Waals surface area contributed by atoms with Gasteiger partial charge in [-0.05, 0) is 37.0 Å². The van der Waals surface area contributed by atoms with Crippen LogP contribution in [0.5, 0.6) is 0 Å². The SMILES string of the molecule is CC(C)CCCCCCCCCCCCCCCCCCCCC(=O)OC[C@H](COC(=O)CCCCCCCCCCCCC(C)C)OC(=O)CCCCCCCCCCCCC(C)C. The number of esters is 3. The van der Waals surface area contributed by atoms with Crippen LogP contribution in [0.3, 0.4) is 0 Å². The van der Waals surface area contributed by atoms with Gasteiger partial charge in [-0.3, -0.25) is 14.4 Å². The quantitative estimate of drug-likeness (QED) is 0.0344. The van der Waals surface area contributed by atoms with Gasteiger partial charge in [0.2, 0.25) is 0 Å². The summed E-state index contributed by atoms with van der Waals surface area (Å²) in [7, 11) is 0. The van der Waals surface area contributed by atoms with E-state index in [1.54, 1.807) is 0 Å². The largest absolute Gasteiger partial charge is 0.462 e. The van der Waals surface area contributed by atoms with Crippen molar-refractivity contribution in [2.75, 3.05) is 13.2 Å². The molecule has 0 spiro atoms. The zero-order chi connectivity index (χ0) is 47.7. The first kappa shape index (κ1) is 63.4. The van der Waals surface area contributed by atoms with Crippen LogP contribution in [0, 0.1) is 17.8 Å². The maximum Gasteiger partial charge on any atom is 0.306 e. The van der Waals surface area contributed by atoms with Crippen molar-refractivity contribution in [1.29, 1.82) is 0 Å². The smallest absolute Gasteiger partial charge is 0.306 e. The molecule has 0 aliphatic rings. The van der Waals surface area contributed by atoms with Crippen molar-refractivity contribution in [2.45, 2.75) is 330 Å². The highest BCUT2D eigenvalue weighted by Gasteiger charge is 2.19. The van der Waals surface area contributed by atoms with Crippen LogP contribution in [0.2, 0.25) is 0 Å². The average molecular weight is 920 g/mol. The van der Waals surface area contributed by atoms with E-state index < -0.39 is 6.10 Å². The monoisotopic (exact) mass is 919 g/mol. The van der Waals surface area contributed by atoms with Crippen LogP contribution in [-0.2, 0) is 28.6 Å². The molecule has 0 saturated carbocycles. The molecule has 0 amide bonds. The van der Waals surface area contributed by atoms with Crippen LogP contribution >= 0.6 is 0 Å². The molecular weight excluding hydrogens is 805 g/mol. The van der Waals surface area contributed by atoms with Crippen LogP contribution in [0.15, 0.2) is 0 Å². The number of carbonyl (C=O) groups is 3. The summed E-state index contributed by atoms with van der Waals surface area (Å²) < 4.78 is 16.9. The molecule has 0 saturated heterocycles. The molecule has 0 rings (SSSR count).